The normalized spacial score (nSPS) is 36.1. The van der Waals surface area contributed by atoms with Crippen LogP contribution in [-0.2, 0) is 0 Å². The third kappa shape index (κ3) is 4.65. The van der Waals surface area contributed by atoms with Gasteiger partial charge in [-0.25, -0.2) is 0 Å². The van der Waals surface area contributed by atoms with Crippen LogP contribution in [0.15, 0.2) is 12.7 Å². The van der Waals surface area contributed by atoms with E-state index in [1.54, 1.807) is 12.8 Å². The Morgan fingerprint density at radius 2 is 1.42 bits per heavy atom. The molecule has 0 N–H and O–H groups in total. The van der Waals surface area contributed by atoms with Crippen molar-refractivity contribution in [3.05, 3.63) is 12.7 Å². The molecule has 2 aliphatic carbocycles. The van der Waals surface area contributed by atoms with Gasteiger partial charge in [0.15, 0.2) is 0 Å². The highest BCUT2D eigenvalue weighted by atomic mass is 14.3. The van der Waals surface area contributed by atoms with Crippen LogP contribution in [0, 0.1) is 23.7 Å². The van der Waals surface area contributed by atoms with Gasteiger partial charge >= 0.3 is 0 Å². The van der Waals surface area contributed by atoms with Gasteiger partial charge in [0.25, 0.3) is 0 Å². The van der Waals surface area contributed by atoms with Crippen LogP contribution in [0.1, 0.15) is 84.0 Å². The zero-order valence-corrected chi connectivity index (χ0v) is 13.1. The maximum atomic E-state index is 3.97. The Morgan fingerprint density at radius 1 is 0.842 bits per heavy atom. The van der Waals surface area contributed by atoms with Crippen molar-refractivity contribution in [3.63, 3.8) is 0 Å². The summed E-state index contributed by atoms with van der Waals surface area (Å²) in [6, 6.07) is 0. The molecule has 0 saturated heterocycles. The molecule has 0 amide bonds. The molecule has 2 rings (SSSR count). The molecule has 0 unspecified atom stereocenters. The lowest BCUT2D eigenvalue weighted by Gasteiger charge is -2.37. The van der Waals surface area contributed by atoms with E-state index >= 15 is 0 Å². The summed E-state index contributed by atoms with van der Waals surface area (Å²) in [5, 5.41) is 0. The number of unbranched alkanes of at least 4 members (excludes halogenated alkanes) is 2. The summed E-state index contributed by atoms with van der Waals surface area (Å²) in [6.45, 7) is 6.28. The smallest absolute Gasteiger partial charge is 0.0236 e. The van der Waals surface area contributed by atoms with Gasteiger partial charge in [-0.3, -0.25) is 0 Å². The van der Waals surface area contributed by atoms with Crippen LogP contribution in [0.2, 0.25) is 0 Å². The van der Waals surface area contributed by atoms with Crippen molar-refractivity contribution in [2.75, 3.05) is 0 Å². The van der Waals surface area contributed by atoms with Crippen molar-refractivity contribution in [1.29, 1.82) is 0 Å². The summed E-state index contributed by atoms with van der Waals surface area (Å²) < 4.78 is 0. The van der Waals surface area contributed by atoms with E-state index in [9.17, 15) is 0 Å². The topological polar surface area (TPSA) is 0 Å². The fourth-order valence-corrected chi connectivity index (χ4v) is 4.48. The van der Waals surface area contributed by atoms with Crippen molar-refractivity contribution in [2.24, 2.45) is 23.7 Å². The summed E-state index contributed by atoms with van der Waals surface area (Å²) in [5.41, 5.74) is 0. The summed E-state index contributed by atoms with van der Waals surface area (Å²) in [5.74, 6) is 4.05. The molecule has 0 aromatic rings. The first-order chi connectivity index (χ1) is 9.33. The fourth-order valence-electron chi connectivity index (χ4n) is 4.48. The largest absolute Gasteiger partial charge is 0.103 e. The fraction of sp³-hybridized carbons (Fsp3) is 0.895. The lowest BCUT2D eigenvalue weighted by atomic mass is 9.68. The number of allylic oxidation sites excluding steroid dienone is 1. The van der Waals surface area contributed by atoms with Gasteiger partial charge in [0, 0.05) is 0 Å². The molecule has 110 valence electrons. The monoisotopic (exact) mass is 262 g/mol. The Kier molecular flexibility index (Phi) is 6.47. The molecule has 0 atom stereocenters. The zero-order chi connectivity index (χ0) is 13.5. The summed E-state index contributed by atoms with van der Waals surface area (Å²) >= 11 is 0. The molecule has 0 bridgehead atoms. The summed E-state index contributed by atoms with van der Waals surface area (Å²) in [6.07, 6.45) is 20.0. The highest BCUT2D eigenvalue weighted by molar-refractivity contribution is 4.87. The van der Waals surface area contributed by atoms with Crippen LogP contribution in [0.25, 0.3) is 0 Å². The maximum Gasteiger partial charge on any atom is -0.0236 e. The van der Waals surface area contributed by atoms with Crippen molar-refractivity contribution in [2.45, 2.75) is 84.0 Å². The summed E-state index contributed by atoms with van der Waals surface area (Å²) in [7, 11) is 0. The number of hydrogen-bond acceptors (Lipinski definition) is 0. The van der Waals surface area contributed by atoms with Crippen LogP contribution in [0.5, 0.6) is 0 Å². The maximum absolute atomic E-state index is 3.97. The van der Waals surface area contributed by atoms with E-state index in [1.807, 2.05) is 0 Å². The highest BCUT2D eigenvalue weighted by Crippen LogP contribution is 2.42. The van der Waals surface area contributed by atoms with Gasteiger partial charge < -0.3 is 0 Å². The van der Waals surface area contributed by atoms with Gasteiger partial charge in [-0.1, -0.05) is 51.5 Å². The van der Waals surface area contributed by atoms with Gasteiger partial charge in [0.05, 0.1) is 0 Å². The van der Waals surface area contributed by atoms with E-state index in [0.717, 1.165) is 23.7 Å². The second-order valence-electron chi connectivity index (χ2n) is 7.19. The zero-order valence-electron chi connectivity index (χ0n) is 13.1. The molecule has 0 spiro atoms. The van der Waals surface area contributed by atoms with E-state index in [2.05, 4.69) is 19.6 Å². The molecule has 0 heteroatoms. The molecular formula is C19H34. The second-order valence-corrected chi connectivity index (χ2v) is 7.19. The predicted molar refractivity (Wildman–Crippen MR) is 85.2 cm³/mol. The molecule has 0 aromatic heterocycles. The third-order valence-corrected chi connectivity index (χ3v) is 5.92. The second kappa shape index (κ2) is 8.12. The molecule has 2 saturated carbocycles. The van der Waals surface area contributed by atoms with Crippen LogP contribution in [0.4, 0.5) is 0 Å². The van der Waals surface area contributed by atoms with Gasteiger partial charge in [-0.05, 0) is 62.2 Å². The molecule has 0 aromatic carbocycles. The van der Waals surface area contributed by atoms with E-state index in [-0.39, 0.29) is 0 Å². The molecule has 0 nitrogen and oxygen atoms in total. The molecule has 0 heterocycles. The molecule has 19 heavy (non-hydrogen) atoms. The first kappa shape index (κ1) is 15.1. The standard InChI is InChI=1S/C19H34/c1-3-5-6-7-17-10-14-19(15-11-17)18-12-8-16(4-2)9-13-18/h4,16-19H,2-3,5-15H2,1H3/t16-,17?,18-,19?. The number of rotatable bonds is 6. The predicted octanol–water partition coefficient (Wildman–Crippen LogP) is 6.37. The van der Waals surface area contributed by atoms with E-state index in [1.165, 1.54) is 64.2 Å². The third-order valence-electron chi connectivity index (χ3n) is 5.92. The Labute approximate surface area is 121 Å². The van der Waals surface area contributed by atoms with Crippen molar-refractivity contribution in [3.8, 4) is 0 Å². The Hall–Kier alpha value is -0.260. The van der Waals surface area contributed by atoms with Crippen molar-refractivity contribution >= 4 is 0 Å². The lowest BCUT2D eigenvalue weighted by Crippen LogP contribution is -2.25. The van der Waals surface area contributed by atoms with Gasteiger partial charge in [0.1, 0.15) is 0 Å². The lowest BCUT2D eigenvalue weighted by molar-refractivity contribution is 0.151. The van der Waals surface area contributed by atoms with Gasteiger partial charge in [-0.2, -0.15) is 0 Å². The molecular weight excluding hydrogens is 228 g/mol. The van der Waals surface area contributed by atoms with Gasteiger partial charge in [-0.15, -0.1) is 6.58 Å². The van der Waals surface area contributed by atoms with Crippen molar-refractivity contribution in [1.82, 2.24) is 0 Å². The first-order valence-electron chi connectivity index (χ1n) is 8.96. The molecule has 0 radical (unpaired) electrons. The number of hydrogen-bond donors (Lipinski definition) is 0. The SMILES string of the molecule is C=C[C@H]1CC[C@H](C2CCC(CCCCC)CC2)CC1. The minimum absolute atomic E-state index is 0.835. The first-order valence-corrected chi connectivity index (χ1v) is 8.96. The highest BCUT2D eigenvalue weighted by Gasteiger charge is 2.29. The van der Waals surface area contributed by atoms with E-state index < -0.39 is 0 Å². The van der Waals surface area contributed by atoms with E-state index in [4.69, 9.17) is 0 Å². The Balaban J connectivity index is 1.64. The van der Waals surface area contributed by atoms with Crippen LogP contribution in [0.3, 0.4) is 0 Å². The van der Waals surface area contributed by atoms with Crippen molar-refractivity contribution < 1.29 is 0 Å². The van der Waals surface area contributed by atoms with Gasteiger partial charge in [0.2, 0.25) is 0 Å². The van der Waals surface area contributed by atoms with Crippen LogP contribution in [-0.4, -0.2) is 0 Å². The summed E-state index contributed by atoms with van der Waals surface area (Å²) in [4.78, 5) is 0. The molecule has 0 aliphatic heterocycles. The quantitative estimate of drug-likeness (QED) is 0.385. The van der Waals surface area contributed by atoms with E-state index in [0.29, 0.717) is 0 Å². The Bertz CT molecular complexity index is 239. The van der Waals surface area contributed by atoms with Crippen LogP contribution >= 0.6 is 0 Å². The molecule has 2 fully saturated rings. The average Bonchev–Trinajstić information content (AvgIpc) is 2.48. The average molecular weight is 262 g/mol. The Morgan fingerprint density at radius 3 is 1.95 bits per heavy atom. The minimum Gasteiger partial charge on any atom is -0.103 e. The van der Waals surface area contributed by atoms with Crippen LogP contribution < -0.4 is 0 Å². The minimum atomic E-state index is 0.835. The molecule has 2 aliphatic rings.